The van der Waals surface area contributed by atoms with Gasteiger partial charge in [-0.3, -0.25) is 0 Å². The molecule has 0 fully saturated rings. The molecule has 1 aromatic carbocycles. The molecule has 0 spiro atoms. The average molecular weight is 282 g/mol. The van der Waals surface area contributed by atoms with Crippen LogP contribution in [0.15, 0.2) is 36.7 Å². The van der Waals surface area contributed by atoms with E-state index in [1.54, 1.807) is 0 Å². The van der Waals surface area contributed by atoms with E-state index in [4.69, 9.17) is 0 Å². The van der Waals surface area contributed by atoms with Crippen molar-refractivity contribution in [2.75, 3.05) is 0 Å². The van der Waals surface area contributed by atoms with Crippen LogP contribution in [-0.2, 0) is 6.18 Å². The lowest BCUT2D eigenvalue weighted by atomic mass is 10.1. The minimum atomic E-state index is -4.35. The molecular formula is C14H13F3N2O. The van der Waals surface area contributed by atoms with Gasteiger partial charge in [0.2, 0.25) is 0 Å². The fraction of sp³-hybridized carbons (Fsp3) is 0.286. The van der Waals surface area contributed by atoms with Gasteiger partial charge in [-0.25, -0.2) is 9.97 Å². The van der Waals surface area contributed by atoms with Gasteiger partial charge in [0, 0.05) is 23.5 Å². The van der Waals surface area contributed by atoms with Crippen molar-refractivity contribution in [3.8, 4) is 11.4 Å². The number of halogens is 3. The van der Waals surface area contributed by atoms with Crippen LogP contribution in [0.1, 0.15) is 30.6 Å². The van der Waals surface area contributed by atoms with Gasteiger partial charge in [-0.05, 0) is 18.6 Å². The van der Waals surface area contributed by atoms with Crippen molar-refractivity contribution in [3.63, 3.8) is 0 Å². The van der Waals surface area contributed by atoms with Crippen molar-refractivity contribution in [1.29, 1.82) is 0 Å². The maximum atomic E-state index is 12.4. The first-order valence-electron chi connectivity index (χ1n) is 6.09. The molecule has 20 heavy (non-hydrogen) atoms. The maximum absolute atomic E-state index is 12.4. The second kappa shape index (κ2) is 5.58. The van der Waals surface area contributed by atoms with Gasteiger partial charge in [0.05, 0.1) is 11.7 Å². The van der Waals surface area contributed by atoms with Crippen LogP contribution in [0.25, 0.3) is 11.4 Å². The van der Waals surface area contributed by atoms with Gasteiger partial charge in [0.15, 0.2) is 5.82 Å². The molecule has 2 rings (SSSR count). The Labute approximate surface area is 114 Å². The monoisotopic (exact) mass is 282 g/mol. The van der Waals surface area contributed by atoms with Gasteiger partial charge in [0.25, 0.3) is 0 Å². The molecule has 0 aliphatic rings. The van der Waals surface area contributed by atoms with Gasteiger partial charge in [-0.2, -0.15) is 13.2 Å². The molecule has 0 saturated heterocycles. The van der Waals surface area contributed by atoms with Crippen LogP contribution in [0.5, 0.6) is 0 Å². The molecule has 0 saturated carbocycles. The van der Waals surface area contributed by atoms with E-state index in [9.17, 15) is 18.3 Å². The third-order valence-corrected chi connectivity index (χ3v) is 2.91. The molecule has 0 radical (unpaired) electrons. The van der Waals surface area contributed by atoms with Crippen LogP contribution >= 0.6 is 0 Å². The molecular weight excluding hydrogens is 269 g/mol. The van der Waals surface area contributed by atoms with Crippen molar-refractivity contribution < 1.29 is 18.3 Å². The summed E-state index contributed by atoms with van der Waals surface area (Å²) < 4.78 is 37.3. The van der Waals surface area contributed by atoms with Gasteiger partial charge in [0.1, 0.15) is 0 Å². The summed E-state index contributed by atoms with van der Waals surface area (Å²) in [5, 5.41) is 9.61. The number of aliphatic hydroxyl groups is 1. The van der Waals surface area contributed by atoms with E-state index in [0.29, 0.717) is 23.4 Å². The van der Waals surface area contributed by atoms with Crippen LogP contribution in [0, 0.1) is 0 Å². The topological polar surface area (TPSA) is 46.0 Å². The highest BCUT2D eigenvalue weighted by atomic mass is 19.4. The van der Waals surface area contributed by atoms with Crippen molar-refractivity contribution >= 4 is 0 Å². The summed E-state index contributed by atoms with van der Waals surface area (Å²) >= 11 is 0. The average Bonchev–Trinajstić information content (AvgIpc) is 2.46. The summed E-state index contributed by atoms with van der Waals surface area (Å²) in [6.45, 7) is 1.83. The van der Waals surface area contributed by atoms with E-state index < -0.39 is 17.8 Å². The van der Waals surface area contributed by atoms with Gasteiger partial charge < -0.3 is 5.11 Å². The van der Waals surface area contributed by atoms with Crippen LogP contribution in [-0.4, -0.2) is 15.1 Å². The summed E-state index contributed by atoms with van der Waals surface area (Å²) in [5.74, 6) is 0.325. The third kappa shape index (κ3) is 3.14. The molecule has 0 amide bonds. The first-order chi connectivity index (χ1) is 9.41. The summed E-state index contributed by atoms with van der Waals surface area (Å²) in [4.78, 5) is 8.11. The number of benzene rings is 1. The Morgan fingerprint density at radius 2 is 1.65 bits per heavy atom. The molecule has 1 heterocycles. The number of nitrogens with zero attached hydrogens (tertiary/aromatic N) is 2. The summed E-state index contributed by atoms with van der Waals surface area (Å²) in [6.07, 6.45) is -1.48. The van der Waals surface area contributed by atoms with Gasteiger partial charge in [-0.1, -0.05) is 19.1 Å². The van der Waals surface area contributed by atoms with Crippen molar-refractivity contribution in [2.45, 2.75) is 25.6 Å². The van der Waals surface area contributed by atoms with E-state index in [1.807, 2.05) is 6.92 Å². The predicted molar refractivity (Wildman–Crippen MR) is 67.7 cm³/mol. The van der Waals surface area contributed by atoms with Gasteiger partial charge in [-0.15, -0.1) is 0 Å². The lowest BCUT2D eigenvalue weighted by Crippen LogP contribution is -2.04. The minimum Gasteiger partial charge on any atom is -0.388 e. The molecule has 0 aliphatic carbocycles. The van der Waals surface area contributed by atoms with Crippen molar-refractivity contribution in [3.05, 3.63) is 47.8 Å². The molecule has 1 N–H and O–H groups in total. The maximum Gasteiger partial charge on any atom is 0.416 e. The molecule has 1 aromatic heterocycles. The molecule has 106 valence electrons. The Kier molecular flexibility index (Phi) is 4.04. The van der Waals surface area contributed by atoms with Crippen LogP contribution in [0.2, 0.25) is 0 Å². The Hall–Kier alpha value is -1.95. The molecule has 3 nitrogen and oxygen atoms in total. The first-order valence-corrected chi connectivity index (χ1v) is 6.09. The Bertz CT molecular complexity index is 564. The second-order valence-electron chi connectivity index (χ2n) is 4.34. The number of alkyl halides is 3. The number of rotatable bonds is 3. The quantitative estimate of drug-likeness (QED) is 0.935. The zero-order valence-corrected chi connectivity index (χ0v) is 10.7. The fourth-order valence-electron chi connectivity index (χ4n) is 1.70. The Morgan fingerprint density at radius 3 is 2.10 bits per heavy atom. The standard InChI is InChI=1S/C14H13F3N2O/c1-2-12(20)10-7-18-13(19-8-10)9-3-5-11(6-4-9)14(15,16)17/h3-8,12,20H,2H2,1H3. The Balaban J connectivity index is 2.24. The highest BCUT2D eigenvalue weighted by Gasteiger charge is 2.30. The number of aliphatic hydroxyl groups excluding tert-OH is 1. The van der Waals surface area contributed by atoms with E-state index >= 15 is 0 Å². The normalized spacial score (nSPS) is 13.2. The van der Waals surface area contributed by atoms with Crippen LogP contribution in [0.4, 0.5) is 13.2 Å². The Morgan fingerprint density at radius 1 is 1.10 bits per heavy atom. The summed E-state index contributed by atoms with van der Waals surface area (Å²) in [6, 6.07) is 4.64. The highest BCUT2D eigenvalue weighted by Crippen LogP contribution is 2.30. The van der Waals surface area contributed by atoms with Crippen molar-refractivity contribution in [1.82, 2.24) is 9.97 Å². The SMILES string of the molecule is CCC(O)c1cnc(-c2ccc(C(F)(F)F)cc2)nc1. The molecule has 0 bridgehead atoms. The van der Waals surface area contributed by atoms with E-state index in [0.717, 1.165) is 12.1 Å². The second-order valence-corrected chi connectivity index (χ2v) is 4.34. The number of hydrogen-bond donors (Lipinski definition) is 1. The van der Waals surface area contributed by atoms with E-state index in [1.165, 1.54) is 24.5 Å². The lowest BCUT2D eigenvalue weighted by Gasteiger charge is -2.09. The van der Waals surface area contributed by atoms with E-state index in [2.05, 4.69) is 9.97 Å². The summed E-state index contributed by atoms with van der Waals surface area (Å²) in [7, 11) is 0. The minimum absolute atomic E-state index is 0.325. The summed E-state index contributed by atoms with van der Waals surface area (Å²) in [5.41, 5.74) is 0.373. The highest BCUT2D eigenvalue weighted by molar-refractivity contribution is 5.55. The van der Waals surface area contributed by atoms with Crippen LogP contribution < -0.4 is 0 Å². The van der Waals surface area contributed by atoms with Crippen LogP contribution in [0.3, 0.4) is 0 Å². The third-order valence-electron chi connectivity index (χ3n) is 2.91. The fourth-order valence-corrected chi connectivity index (χ4v) is 1.70. The lowest BCUT2D eigenvalue weighted by molar-refractivity contribution is -0.137. The first kappa shape index (κ1) is 14.5. The zero-order chi connectivity index (χ0) is 14.8. The predicted octanol–water partition coefficient (Wildman–Crippen LogP) is 3.61. The van der Waals surface area contributed by atoms with Crippen molar-refractivity contribution in [2.24, 2.45) is 0 Å². The zero-order valence-electron chi connectivity index (χ0n) is 10.7. The smallest absolute Gasteiger partial charge is 0.388 e. The molecule has 0 aliphatic heterocycles. The molecule has 1 unspecified atom stereocenters. The van der Waals surface area contributed by atoms with Gasteiger partial charge >= 0.3 is 6.18 Å². The molecule has 2 aromatic rings. The molecule has 6 heteroatoms. The van der Waals surface area contributed by atoms with E-state index in [-0.39, 0.29) is 0 Å². The largest absolute Gasteiger partial charge is 0.416 e. The number of aromatic nitrogens is 2. The number of hydrogen-bond acceptors (Lipinski definition) is 3. The molecule has 1 atom stereocenters.